The average molecular weight is 208 g/mol. The smallest absolute Gasteiger partial charge is 0.160 e. The molecule has 1 aliphatic rings. The van der Waals surface area contributed by atoms with Gasteiger partial charge in [0.1, 0.15) is 5.78 Å². The number of hydrogen-bond donors (Lipinski definition) is 0. The molecule has 15 heavy (non-hydrogen) atoms. The van der Waals surface area contributed by atoms with Gasteiger partial charge in [-0.2, -0.15) is 5.10 Å². The lowest BCUT2D eigenvalue weighted by Gasteiger charge is -2.12. The molecule has 2 rings (SSSR count). The lowest BCUT2D eigenvalue weighted by Crippen LogP contribution is -2.12. The summed E-state index contributed by atoms with van der Waals surface area (Å²) in [5.74, 6) is 1.07. The number of aryl methyl sites for hydroxylation is 1. The summed E-state index contributed by atoms with van der Waals surface area (Å²) in [4.78, 5) is 11.7. The van der Waals surface area contributed by atoms with Gasteiger partial charge in [-0.05, 0) is 19.8 Å². The number of ketones is 1. The second-order valence-electron chi connectivity index (χ2n) is 3.83. The second kappa shape index (κ2) is 4.04. The summed E-state index contributed by atoms with van der Waals surface area (Å²) in [6, 6.07) is 0. The van der Waals surface area contributed by atoms with E-state index >= 15 is 0 Å². The van der Waals surface area contributed by atoms with Crippen LogP contribution in [0.15, 0.2) is 6.20 Å². The molecular weight excluding hydrogens is 192 g/mol. The van der Waals surface area contributed by atoms with Crippen LogP contribution in [0, 0.1) is 0 Å². The maximum absolute atomic E-state index is 11.7. The van der Waals surface area contributed by atoms with Crippen LogP contribution in [0.2, 0.25) is 0 Å². The molecule has 0 N–H and O–H groups in total. The summed E-state index contributed by atoms with van der Waals surface area (Å²) < 4.78 is 7.12. The zero-order valence-corrected chi connectivity index (χ0v) is 9.19. The zero-order valence-electron chi connectivity index (χ0n) is 9.19. The summed E-state index contributed by atoms with van der Waals surface area (Å²) in [5, 5.41) is 4.22. The Bertz CT molecular complexity index is 349. The van der Waals surface area contributed by atoms with Crippen molar-refractivity contribution in [2.45, 2.75) is 38.6 Å². The number of Topliss-reactive ketones (excluding diaryl/α,β-unsaturated/α-hetero) is 1. The molecule has 82 valence electrons. The highest BCUT2D eigenvalue weighted by Gasteiger charge is 2.31. The highest BCUT2D eigenvalue weighted by atomic mass is 16.5. The minimum atomic E-state index is 0.00222. The summed E-state index contributed by atoms with van der Waals surface area (Å²) >= 11 is 0. The van der Waals surface area contributed by atoms with Crippen LogP contribution in [0.5, 0.6) is 5.75 Å². The molecule has 1 heterocycles. The number of methoxy groups -OCH3 is 1. The van der Waals surface area contributed by atoms with E-state index in [1.54, 1.807) is 13.3 Å². The van der Waals surface area contributed by atoms with Crippen molar-refractivity contribution in [2.24, 2.45) is 0 Å². The topological polar surface area (TPSA) is 44.1 Å². The van der Waals surface area contributed by atoms with Crippen LogP contribution < -0.4 is 4.74 Å². The first kappa shape index (κ1) is 10.2. The van der Waals surface area contributed by atoms with Crippen molar-refractivity contribution in [2.75, 3.05) is 7.11 Å². The number of aromatic nitrogens is 2. The molecule has 1 unspecified atom stereocenters. The van der Waals surface area contributed by atoms with Crippen molar-refractivity contribution in [3.63, 3.8) is 0 Å². The standard InChI is InChI=1S/C11H16N2O2/c1-3-13-11(10(15-2)7-12-13)8-5-4-6-9(8)14/h7-8H,3-6H2,1-2H3. The Balaban J connectivity index is 2.39. The van der Waals surface area contributed by atoms with Crippen molar-refractivity contribution < 1.29 is 9.53 Å². The lowest BCUT2D eigenvalue weighted by molar-refractivity contribution is -0.118. The molecule has 0 aromatic carbocycles. The van der Waals surface area contributed by atoms with Gasteiger partial charge in [0.05, 0.1) is 24.9 Å². The number of carbonyl (C=O) groups excluding carboxylic acids is 1. The maximum Gasteiger partial charge on any atom is 0.160 e. The first-order valence-corrected chi connectivity index (χ1v) is 5.40. The molecule has 0 aliphatic heterocycles. The third kappa shape index (κ3) is 1.64. The van der Waals surface area contributed by atoms with Crippen molar-refractivity contribution in [3.8, 4) is 5.75 Å². The molecule has 1 atom stereocenters. The summed E-state index contributed by atoms with van der Waals surface area (Å²) in [6.45, 7) is 2.80. The van der Waals surface area contributed by atoms with E-state index in [2.05, 4.69) is 5.10 Å². The summed E-state index contributed by atoms with van der Waals surface area (Å²) in [7, 11) is 1.62. The Kier molecular flexibility index (Phi) is 2.75. The van der Waals surface area contributed by atoms with Gasteiger partial charge >= 0.3 is 0 Å². The average Bonchev–Trinajstić information content (AvgIpc) is 2.82. The van der Waals surface area contributed by atoms with Crippen molar-refractivity contribution in [1.82, 2.24) is 9.78 Å². The molecule has 4 nitrogen and oxygen atoms in total. The van der Waals surface area contributed by atoms with Gasteiger partial charge in [0.25, 0.3) is 0 Å². The molecule has 0 bridgehead atoms. The largest absolute Gasteiger partial charge is 0.493 e. The molecule has 1 aromatic heterocycles. The van der Waals surface area contributed by atoms with E-state index in [0.29, 0.717) is 12.2 Å². The molecule has 1 aliphatic carbocycles. The Hall–Kier alpha value is -1.32. The first-order chi connectivity index (χ1) is 7.27. The fourth-order valence-corrected chi connectivity index (χ4v) is 2.24. The van der Waals surface area contributed by atoms with E-state index in [1.807, 2.05) is 11.6 Å². The van der Waals surface area contributed by atoms with Crippen LogP contribution in [-0.2, 0) is 11.3 Å². The third-order valence-electron chi connectivity index (χ3n) is 3.00. The van der Waals surface area contributed by atoms with Gasteiger partial charge in [0.2, 0.25) is 0 Å². The summed E-state index contributed by atoms with van der Waals surface area (Å²) in [6.07, 6.45) is 4.32. The van der Waals surface area contributed by atoms with Crippen LogP contribution in [-0.4, -0.2) is 22.7 Å². The van der Waals surface area contributed by atoms with Gasteiger partial charge in [0.15, 0.2) is 5.75 Å². The van der Waals surface area contributed by atoms with Gasteiger partial charge < -0.3 is 4.74 Å². The monoisotopic (exact) mass is 208 g/mol. The Labute approximate surface area is 89.2 Å². The molecular formula is C11H16N2O2. The minimum absolute atomic E-state index is 0.00222. The quantitative estimate of drug-likeness (QED) is 0.760. The van der Waals surface area contributed by atoms with Crippen LogP contribution in [0.1, 0.15) is 37.8 Å². The van der Waals surface area contributed by atoms with E-state index in [1.165, 1.54) is 0 Å². The van der Waals surface area contributed by atoms with Gasteiger partial charge in [-0.3, -0.25) is 9.48 Å². The van der Waals surface area contributed by atoms with Crippen molar-refractivity contribution in [1.29, 1.82) is 0 Å². The highest BCUT2D eigenvalue weighted by Crippen LogP contribution is 2.36. The first-order valence-electron chi connectivity index (χ1n) is 5.40. The van der Waals surface area contributed by atoms with E-state index < -0.39 is 0 Å². The normalized spacial score (nSPS) is 20.9. The zero-order chi connectivity index (χ0) is 10.8. The summed E-state index contributed by atoms with van der Waals surface area (Å²) in [5.41, 5.74) is 0.961. The molecule has 1 fully saturated rings. The SMILES string of the molecule is CCn1ncc(OC)c1C1CCCC1=O. The molecule has 1 aromatic rings. The van der Waals surface area contributed by atoms with Crippen LogP contribution in [0.4, 0.5) is 0 Å². The molecule has 4 heteroatoms. The van der Waals surface area contributed by atoms with Crippen molar-refractivity contribution in [3.05, 3.63) is 11.9 Å². The third-order valence-corrected chi connectivity index (χ3v) is 3.00. The fraction of sp³-hybridized carbons (Fsp3) is 0.636. The predicted octanol–water partition coefficient (Wildman–Crippen LogP) is 1.75. The van der Waals surface area contributed by atoms with E-state index in [4.69, 9.17) is 4.74 Å². The van der Waals surface area contributed by atoms with Crippen LogP contribution in [0.3, 0.4) is 0 Å². The maximum atomic E-state index is 11.7. The minimum Gasteiger partial charge on any atom is -0.493 e. The molecule has 0 amide bonds. The van der Waals surface area contributed by atoms with Crippen molar-refractivity contribution >= 4 is 5.78 Å². The number of carbonyl (C=O) groups is 1. The highest BCUT2D eigenvalue weighted by molar-refractivity contribution is 5.87. The number of ether oxygens (including phenoxy) is 1. The lowest BCUT2D eigenvalue weighted by atomic mass is 10.0. The van der Waals surface area contributed by atoms with Gasteiger partial charge in [-0.15, -0.1) is 0 Å². The van der Waals surface area contributed by atoms with Gasteiger partial charge in [0, 0.05) is 13.0 Å². The molecule has 0 saturated heterocycles. The van der Waals surface area contributed by atoms with Gasteiger partial charge in [-0.25, -0.2) is 0 Å². The Morgan fingerprint density at radius 2 is 2.47 bits per heavy atom. The van der Waals surface area contributed by atoms with Gasteiger partial charge in [-0.1, -0.05) is 0 Å². The number of nitrogens with zero attached hydrogens (tertiary/aromatic N) is 2. The molecule has 1 saturated carbocycles. The fourth-order valence-electron chi connectivity index (χ4n) is 2.24. The van der Waals surface area contributed by atoms with Crippen LogP contribution >= 0.6 is 0 Å². The number of hydrogen-bond acceptors (Lipinski definition) is 3. The predicted molar refractivity (Wildman–Crippen MR) is 56.1 cm³/mol. The molecule has 0 spiro atoms. The second-order valence-corrected chi connectivity index (χ2v) is 3.83. The Morgan fingerprint density at radius 1 is 1.67 bits per heavy atom. The van der Waals surface area contributed by atoms with E-state index in [-0.39, 0.29) is 5.92 Å². The van der Waals surface area contributed by atoms with E-state index in [9.17, 15) is 4.79 Å². The Morgan fingerprint density at radius 3 is 3.00 bits per heavy atom. The van der Waals surface area contributed by atoms with Crippen LogP contribution in [0.25, 0.3) is 0 Å². The van der Waals surface area contributed by atoms with E-state index in [0.717, 1.165) is 30.8 Å². The number of rotatable bonds is 3. The molecule has 0 radical (unpaired) electrons.